The zero-order valence-electron chi connectivity index (χ0n) is 19.4. The number of thiazole rings is 1. The lowest BCUT2D eigenvalue weighted by atomic mass is 9.89. The van der Waals surface area contributed by atoms with Crippen molar-refractivity contribution in [3.05, 3.63) is 53.3 Å². The Bertz CT molecular complexity index is 1310. The average molecular weight is 478 g/mol. The summed E-state index contributed by atoms with van der Waals surface area (Å²) in [7, 11) is 2.01. The van der Waals surface area contributed by atoms with E-state index in [2.05, 4.69) is 34.2 Å². The quantitative estimate of drug-likeness (QED) is 0.461. The van der Waals surface area contributed by atoms with Gasteiger partial charge < -0.3 is 15.1 Å². The molecule has 7 nitrogen and oxygen atoms in total. The fraction of sp³-hybridized carbons (Fsp3) is 0.400. The van der Waals surface area contributed by atoms with E-state index in [4.69, 9.17) is 15.1 Å². The van der Waals surface area contributed by atoms with Crippen LogP contribution >= 0.6 is 11.3 Å². The predicted octanol–water partition coefficient (Wildman–Crippen LogP) is 4.37. The Labute approximate surface area is 202 Å². The van der Waals surface area contributed by atoms with Crippen LogP contribution in [0.3, 0.4) is 0 Å². The number of hydrogen-bond acceptors (Lipinski definition) is 7. The molecular weight excluding hydrogens is 449 g/mol. The summed E-state index contributed by atoms with van der Waals surface area (Å²) in [5.41, 5.74) is 3.57. The van der Waals surface area contributed by atoms with E-state index < -0.39 is 0 Å². The minimum absolute atomic E-state index is 0.245. The minimum Gasteiger partial charge on any atom is -0.355 e. The Morgan fingerprint density at radius 3 is 2.76 bits per heavy atom. The van der Waals surface area contributed by atoms with Crippen LogP contribution in [-0.2, 0) is 6.42 Å². The van der Waals surface area contributed by atoms with Gasteiger partial charge in [-0.25, -0.2) is 14.4 Å². The molecule has 0 amide bonds. The summed E-state index contributed by atoms with van der Waals surface area (Å²) in [6.07, 6.45) is 2.01. The third-order valence-electron chi connectivity index (χ3n) is 7.11. The van der Waals surface area contributed by atoms with E-state index in [1.807, 2.05) is 16.9 Å². The summed E-state index contributed by atoms with van der Waals surface area (Å²) < 4.78 is 15.3. The first-order valence-corrected chi connectivity index (χ1v) is 12.8. The molecule has 176 valence electrons. The molecule has 1 aromatic carbocycles. The van der Waals surface area contributed by atoms with Gasteiger partial charge in [0.15, 0.2) is 16.6 Å². The number of nitrogens with one attached hydrogen (secondary N) is 1. The first-order chi connectivity index (χ1) is 16.6. The Morgan fingerprint density at radius 2 is 1.94 bits per heavy atom. The lowest BCUT2D eigenvalue weighted by Crippen LogP contribution is -2.40. The van der Waals surface area contributed by atoms with E-state index in [-0.39, 0.29) is 5.82 Å². The summed E-state index contributed by atoms with van der Waals surface area (Å²) in [6, 6.07) is 10.6. The monoisotopic (exact) mass is 477 g/mol. The average Bonchev–Trinajstić information content (AvgIpc) is 3.61. The van der Waals surface area contributed by atoms with E-state index in [1.165, 1.54) is 18.6 Å². The van der Waals surface area contributed by atoms with Crippen LogP contribution in [0.25, 0.3) is 16.9 Å². The molecule has 0 spiro atoms. The highest BCUT2D eigenvalue weighted by Crippen LogP contribution is 2.34. The van der Waals surface area contributed by atoms with Crippen LogP contribution in [0.2, 0.25) is 0 Å². The van der Waals surface area contributed by atoms with Gasteiger partial charge in [0.1, 0.15) is 11.6 Å². The molecule has 6 rings (SSSR count). The van der Waals surface area contributed by atoms with Gasteiger partial charge in [-0.3, -0.25) is 0 Å². The SMILES string of the molecule is CCc1nc2ccc(N3CCC4CNCC4C3)nn2c1N(C)c1nc(-c2ccc(F)cc2)cs1. The van der Waals surface area contributed by atoms with Gasteiger partial charge in [-0.05, 0) is 74.2 Å². The maximum Gasteiger partial charge on any atom is 0.191 e. The van der Waals surface area contributed by atoms with Crippen molar-refractivity contribution in [3.8, 4) is 11.3 Å². The molecular formula is C25H28FN7S. The number of anilines is 3. The lowest BCUT2D eigenvalue weighted by molar-refractivity contribution is 0.347. The van der Waals surface area contributed by atoms with Gasteiger partial charge in [-0.2, -0.15) is 4.52 Å². The molecule has 2 unspecified atom stereocenters. The summed E-state index contributed by atoms with van der Waals surface area (Å²) >= 11 is 1.56. The fourth-order valence-corrected chi connectivity index (χ4v) is 6.01. The predicted molar refractivity (Wildman–Crippen MR) is 135 cm³/mol. The minimum atomic E-state index is -0.245. The van der Waals surface area contributed by atoms with Gasteiger partial charge in [-0.15, -0.1) is 16.4 Å². The first kappa shape index (κ1) is 21.5. The molecule has 2 saturated heterocycles. The second kappa shape index (κ2) is 8.63. The molecule has 2 fully saturated rings. The van der Waals surface area contributed by atoms with Crippen LogP contribution in [0.15, 0.2) is 41.8 Å². The standard InChI is InChI=1S/C25H28FN7S/c1-3-20-24(31(2)25-29-21(15-34-25)16-4-6-19(26)7-5-16)33-22(28-20)8-9-23(30-33)32-11-10-17-12-27-13-18(17)14-32/h4-9,15,17-18,27H,3,10-14H2,1-2H3. The molecule has 5 heterocycles. The number of aryl methyl sites for hydroxylation is 1. The number of nitrogens with zero attached hydrogens (tertiary/aromatic N) is 6. The molecule has 4 aromatic rings. The van der Waals surface area contributed by atoms with E-state index in [0.717, 1.165) is 77.9 Å². The highest BCUT2D eigenvalue weighted by Gasteiger charge is 2.33. The van der Waals surface area contributed by atoms with Crippen LogP contribution in [-0.4, -0.2) is 52.8 Å². The van der Waals surface area contributed by atoms with Gasteiger partial charge >= 0.3 is 0 Å². The van der Waals surface area contributed by atoms with Crippen molar-refractivity contribution < 1.29 is 4.39 Å². The van der Waals surface area contributed by atoms with Crippen molar-refractivity contribution in [1.29, 1.82) is 0 Å². The molecule has 0 aliphatic carbocycles. The third-order valence-corrected chi connectivity index (χ3v) is 8.03. The van der Waals surface area contributed by atoms with E-state index in [0.29, 0.717) is 5.92 Å². The number of halogens is 1. The Hall–Kier alpha value is -3.04. The number of piperidine rings is 1. The number of benzene rings is 1. The number of hydrogen-bond donors (Lipinski definition) is 1. The van der Waals surface area contributed by atoms with E-state index in [9.17, 15) is 4.39 Å². The van der Waals surface area contributed by atoms with Crippen molar-refractivity contribution >= 4 is 33.8 Å². The van der Waals surface area contributed by atoms with Gasteiger partial charge in [0, 0.05) is 31.1 Å². The van der Waals surface area contributed by atoms with Gasteiger partial charge in [0.05, 0.1) is 11.4 Å². The third kappa shape index (κ3) is 3.73. The van der Waals surface area contributed by atoms with Crippen LogP contribution in [0, 0.1) is 17.7 Å². The van der Waals surface area contributed by atoms with Gasteiger partial charge in [0.25, 0.3) is 0 Å². The van der Waals surface area contributed by atoms with Crippen molar-refractivity contribution in [2.45, 2.75) is 19.8 Å². The van der Waals surface area contributed by atoms with Crippen LogP contribution in [0.4, 0.5) is 21.2 Å². The zero-order valence-corrected chi connectivity index (χ0v) is 20.2. The maximum absolute atomic E-state index is 13.3. The van der Waals surface area contributed by atoms with Crippen molar-refractivity contribution in [2.75, 3.05) is 43.0 Å². The number of rotatable bonds is 5. The molecule has 2 aliphatic heterocycles. The summed E-state index contributed by atoms with van der Waals surface area (Å²) in [4.78, 5) is 14.2. The second-order valence-corrected chi connectivity index (χ2v) is 10.0. The fourth-order valence-electron chi connectivity index (χ4n) is 5.20. The molecule has 34 heavy (non-hydrogen) atoms. The first-order valence-electron chi connectivity index (χ1n) is 11.9. The molecule has 9 heteroatoms. The van der Waals surface area contributed by atoms with Crippen molar-refractivity contribution in [2.24, 2.45) is 11.8 Å². The maximum atomic E-state index is 13.3. The number of aromatic nitrogens is 4. The Morgan fingerprint density at radius 1 is 1.12 bits per heavy atom. The second-order valence-electron chi connectivity index (χ2n) is 9.19. The summed E-state index contributed by atoms with van der Waals surface area (Å²) in [5, 5.41) is 11.5. The Balaban J connectivity index is 1.34. The van der Waals surface area contributed by atoms with Crippen molar-refractivity contribution in [3.63, 3.8) is 0 Å². The molecule has 2 aliphatic rings. The van der Waals surface area contributed by atoms with E-state index >= 15 is 0 Å². The van der Waals surface area contributed by atoms with Gasteiger partial charge in [-0.1, -0.05) is 6.92 Å². The van der Waals surface area contributed by atoms with Gasteiger partial charge in [0.2, 0.25) is 0 Å². The summed E-state index contributed by atoms with van der Waals surface area (Å²) in [5.74, 6) is 3.19. The highest BCUT2D eigenvalue weighted by molar-refractivity contribution is 7.14. The smallest absolute Gasteiger partial charge is 0.191 e. The van der Waals surface area contributed by atoms with E-state index in [1.54, 1.807) is 23.5 Å². The zero-order chi connectivity index (χ0) is 23.2. The largest absolute Gasteiger partial charge is 0.355 e. The molecule has 0 saturated carbocycles. The molecule has 1 N–H and O–H groups in total. The lowest BCUT2D eigenvalue weighted by Gasteiger charge is -2.35. The van der Waals surface area contributed by atoms with Crippen molar-refractivity contribution in [1.82, 2.24) is 24.9 Å². The normalized spacial score (nSPS) is 20.1. The topological polar surface area (TPSA) is 61.6 Å². The number of fused-ring (bicyclic) bond motifs is 2. The summed E-state index contributed by atoms with van der Waals surface area (Å²) in [6.45, 7) is 6.45. The van der Waals surface area contributed by atoms with Crippen LogP contribution < -0.4 is 15.1 Å². The molecule has 0 bridgehead atoms. The highest BCUT2D eigenvalue weighted by atomic mass is 32.1. The number of imidazole rings is 1. The van der Waals surface area contributed by atoms with Crippen LogP contribution in [0.1, 0.15) is 19.0 Å². The Kier molecular flexibility index (Phi) is 5.45. The molecule has 2 atom stereocenters. The van der Waals surface area contributed by atoms with Crippen LogP contribution in [0.5, 0.6) is 0 Å². The molecule has 0 radical (unpaired) electrons. The molecule has 3 aromatic heterocycles.